The van der Waals surface area contributed by atoms with Crippen LogP contribution in [-0.4, -0.2) is 26.0 Å². The third-order valence-corrected chi connectivity index (χ3v) is 2.86. The first-order valence-electron chi connectivity index (χ1n) is 6.67. The summed E-state index contributed by atoms with van der Waals surface area (Å²) in [5.41, 5.74) is 4.86. The van der Waals surface area contributed by atoms with Crippen LogP contribution in [0.2, 0.25) is 0 Å². The molecule has 23 heavy (non-hydrogen) atoms. The summed E-state index contributed by atoms with van der Waals surface area (Å²) in [6.07, 6.45) is 4.22. The Kier molecular flexibility index (Phi) is 5.40. The Balaban J connectivity index is 1.95. The molecule has 2 N–H and O–H groups in total. The van der Waals surface area contributed by atoms with Gasteiger partial charge < -0.3 is 13.9 Å². The van der Waals surface area contributed by atoms with E-state index in [9.17, 15) is 9.59 Å². The number of carbonyl (C=O) groups is 2. The Morgan fingerprint density at radius 3 is 2.35 bits per heavy atom. The second kappa shape index (κ2) is 7.69. The number of ether oxygens (including phenoxy) is 2. The van der Waals surface area contributed by atoms with Crippen molar-refractivity contribution in [1.82, 2.24) is 10.9 Å². The third kappa shape index (κ3) is 4.63. The number of hydrazine groups is 1. The molecule has 2 amide bonds. The maximum atomic E-state index is 12.0. The van der Waals surface area contributed by atoms with Crippen LogP contribution in [0.15, 0.2) is 47.1 Å². The maximum Gasteiger partial charge on any atom is 0.269 e. The molecule has 0 atom stereocenters. The average Bonchev–Trinajstić information content (AvgIpc) is 3.10. The van der Waals surface area contributed by atoms with Gasteiger partial charge in [0.05, 0.1) is 20.5 Å². The van der Waals surface area contributed by atoms with E-state index >= 15 is 0 Å². The SMILES string of the molecule is COc1cc(OC)cc(C(=O)NNC(=O)/C=C/c2ccco2)c1. The van der Waals surface area contributed by atoms with Crippen LogP contribution in [0.5, 0.6) is 11.5 Å². The van der Waals surface area contributed by atoms with Crippen molar-refractivity contribution >= 4 is 17.9 Å². The van der Waals surface area contributed by atoms with Gasteiger partial charge in [-0.15, -0.1) is 0 Å². The van der Waals surface area contributed by atoms with E-state index in [2.05, 4.69) is 10.9 Å². The zero-order chi connectivity index (χ0) is 16.7. The molecule has 0 aliphatic heterocycles. The van der Waals surface area contributed by atoms with E-state index in [1.165, 1.54) is 44.8 Å². The molecule has 0 spiro atoms. The van der Waals surface area contributed by atoms with Crippen molar-refractivity contribution in [2.45, 2.75) is 0 Å². The summed E-state index contributed by atoms with van der Waals surface area (Å²) in [5.74, 6) is 0.479. The molecular formula is C16H16N2O5. The van der Waals surface area contributed by atoms with Crippen molar-refractivity contribution in [2.75, 3.05) is 14.2 Å². The van der Waals surface area contributed by atoms with Gasteiger partial charge in [0.15, 0.2) is 0 Å². The fourth-order valence-corrected chi connectivity index (χ4v) is 1.71. The minimum atomic E-state index is -0.498. The average molecular weight is 316 g/mol. The molecule has 7 nitrogen and oxygen atoms in total. The quantitative estimate of drug-likeness (QED) is 0.648. The number of rotatable bonds is 5. The molecular weight excluding hydrogens is 300 g/mol. The lowest BCUT2D eigenvalue weighted by molar-refractivity contribution is -0.117. The lowest BCUT2D eigenvalue weighted by Gasteiger charge is -2.09. The largest absolute Gasteiger partial charge is 0.497 e. The molecule has 7 heteroatoms. The number of hydrogen-bond donors (Lipinski definition) is 2. The van der Waals surface area contributed by atoms with Crippen LogP contribution in [0.4, 0.5) is 0 Å². The molecule has 1 heterocycles. The van der Waals surface area contributed by atoms with E-state index in [0.29, 0.717) is 17.3 Å². The maximum absolute atomic E-state index is 12.0. The minimum Gasteiger partial charge on any atom is -0.497 e. The standard InChI is InChI=1S/C16H16N2O5/c1-21-13-8-11(9-14(10-13)22-2)16(20)18-17-15(19)6-5-12-4-3-7-23-12/h3-10H,1-2H3,(H,17,19)(H,18,20)/b6-5+. The van der Waals surface area contributed by atoms with E-state index in [4.69, 9.17) is 13.9 Å². The van der Waals surface area contributed by atoms with Gasteiger partial charge in [-0.25, -0.2) is 0 Å². The number of benzene rings is 1. The first-order valence-corrected chi connectivity index (χ1v) is 6.67. The van der Waals surface area contributed by atoms with E-state index in [-0.39, 0.29) is 5.56 Å². The van der Waals surface area contributed by atoms with E-state index < -0.39 is 11.8 Å². The van der Waals surface area contributed by atoms with E-state index in [1.807, 2.05) is 0 Å². The first-order chi connectivity index (χ1) is 11.1. The molecule has 0 saturated heterocycles. The molecule has 0 fully saturated rings. The van der Waals surface area contributed by atoms with Crippen molar-refractivity contribution in [3.05, 3.63) is 54.0 Å². The zero-order valence-corrected chi connectivity index (χ0v) is 12.7. The van der Waals surface area contributed by atoms with Crippen molar-refractivity contribution in [3.8, 4) is 11.5 Å². The van der Waals surface area contributed by atoms with Crippen molar-refractivity contribution in [3.63, 3.8) is 0 Å². The number of hydrogen-bond acceptors (Lipinski definition) is 5. The Hall–Kier alpha value is -3.22. The van der Waals surface area contributed by atoms with Crippen LogP contribution in [0.25, 0.3) is 6.08 Å². The van der Waals surface area contributed by atoms with Crippen LogP contribution in [0.3, 0.4) is 0 Å². The highest BCUT2D eigenvalue weighted by atomic mass is 16.5. The number of methoxy groups -OCH3 is 2. The van der Waals surface area contributed by atoms with Gasteiger partial charge in [0.2, 0.25) is 0 Å². The number of furan rings is 1. The molecule has 0 aliphatic rings. The summed E-state index contributed by atoms with van der Waals surface area (Å²) in [6.45, 7) is 0. The van der Waals surface area contributed by atoms with Gasteiger partial charge in [-0.3, -0.25) is 20.4 Å². The lowest BCUT2D eigenvalue weighted by atomic mass is 10.2. The predicted molar refractivity (Wildman–Crippen MR) is 82.9 cm³/mol. The van der Waals surface area contributed by atoms with Crippen LogP contribution >= 0.6 is 0 Å². The summed E-state index contributed by atoms with van der Waals surface area (Å²) >= 11 is 0. The van der Waals surface area contributed by atoms with Gasteiger partial charge in [0, 0.05) is 17.7 Å². The van der Waals surface area contributed by atoms with E-state index in [1.54, 1.807) is 18.2 Å². The van der Waals surface area contributed by atoms with Crippen molar-refractivity contribution in [2.24, 2.45) is 0 Å². The highest BCUT2D eigenvalue weighted by Crippen LogP contribution is 2.22. The molecule has 0 saturated carbocycles. The second-order valence-electron chi connectivity index (χ2n) is 4.39. The summed E-state index contributed by atoms with van der Waals surface area (Å²) < 4.78 is 15.2. The predicted octanol–water partition coefficient (Wildman–Crippen LogP) is 1.77. The number of carbonyl (C=O) groups excluding carboxylic acids is 2. The molecule has 0 radical (unpaired) electrons. The Morgan fingerprint density at radius 1 is 1.09 bits per heavy atom. The molecule has 1 aromatic heterocycles. The zero-order valence-electron chi connectivity index (χ0n) is 12.7. The molecule has 0 unspecified atom stereocenters. The van der Waals surface area contributed by atoms with Gasteiger partial charge in [0.1, 0.15) is 17.3 Å². The minimum absolute atomic E-state index is 0.288. The Morgan fingerprint density at radius 2 is 1.78 bits per heavy atom. The fraction of sp³-hybridized carbons (Fsp3) is 0.125. The Labute approximate surface area is 132 Å². The summed E-state index contributed by atoms with van der Waals surface area (Å²) in [4.78, 5) is 23.7. The second-order valence-corrected chi connectivity index (χ2v) is 4.39. The van der Waals surface area contributed by atoms with Crippen LogP contribution in [-0.2, 0) is 4.79 Å². The van der Waals surface area contributed by atoms with Crippen molar-refractivity contribution in [1.29, 1.82) is 0 Å². The number of amides is 2. The lowest BCUT2D eigenvalue weighted by Crippen LogP contribution is -2.40. The van der Waals surface area contributed by atoms with Gasteiger partial charge in [-0.05, 0) is 30.3 Å². The third-order valence-electron chi connectivity index (χ3n) is 2.86. The van der Waals surface area contributed by atoms with Gasteiger partial charge in [-0.2, -0.15) is 0 Å². The molecule has 0 aliphatic carbocycles. The fourth-order valence-electron chi connectivity index (χ4n) is 1.71. The van der Waals surface area contributed by atoms with Gasteiger partial charge >= 0.3 is 0 Å². The van der Waals surface area contributed by atoms with Crippen molar-refractivity contribution < 1.29 is 23.5 Å². The topological polar surface area (TPSA) is 89.8 Å². The summed E-state index contributed by atoms with van der Waals surface area (Å²) in [6, 6.07) is 8.10. The molecule has 1 aromatic carbocycles. The molecule has 120 valence electrons. The van der Waals surface area contributed by atoms with Crippen LogP contribution in [0, 0.1) is 0 Å². The molecule has 2 aromatic rings. The highest BCUT2D eigenvalue weighted by Gasteiger charge is 2.10. The van der Waals surface area contributed by atoms with Crippen LogP contribution < -0.4 is 20.3 Å². The van der Waals surface area contributed by atoms with Gasteiger partial charge in [0.25, 0.3) is 11.8 Å². The molecule has 0 bridgehead atoms. The monoisotopic (exact) mass is 316 g/mol. The smallest absolute Gasteiger partial charge is 0.269 e. The Bertz CT molecular complexity index is 685. The summed E-state index contributed by atoms with van der Waals surface area (Å²) in [7, 11) is 2.97. The van der Waals surface area contributed by atoms with Gasteiger partial charge in [-0.1, -0.05) is 0 Å². The normalized spacial score (nSPS) is 10.3. The molecule has 2 rings (SSSR count). The highest BCUT2D eigenvalue weighted by molar-refractivity contribution is 5.98. The first kappa shape index (κ1) is 16.2. The van der Waals surface area contributed by atoms with E-state index in [0.717, 1.165) is 0 Å². The number of nitrogens with one attached hydrogen (secondary N) is 2. The summed E-state index contributed by atoms with van der Waals surface area (Å²) in [5, 5.41) is 0. The van der Waals surface area contributed by atoms with Crippen LogP contribution in [0.1, 0.15) is 16.1 Å².